The third-order valence-corrected chi connectivity index (χ3v) is 6.35. The average molecular weight is 468 g/mol. The van der Waals surface area contributed by atoms with E-state index in [-0.39, 0.29) is 18.0 Å². The van der Waals surface area contributed by atoms with Gasteiger partial charge in [0.1, 0.15) is 17.0 Å². The van der Waals surface area contributed by atoms with Gasteiger partial charge in [-0.25, -0.2) is 0 Å². The Bertz CT molecular complexity index is 1050. The number of aryl methyl sites for hydroxylation is 1. The van der Waals surface area contributed by atoms with Crippen LogP contribution in [0.2, 0.25) is 0 Å². The fourth-order valence-corrected chi connectivity index (χ4v) is 4.72. The Kier molecular flexibility index (Phi) is 7.77. The SMILES string of the molecule is CC#Cc1cc(C)c(C2=C(OC(=O)C(C)(C)C)C3(CCCC(OCCC)C3)NC2=O)c(OC)c1. The van der Waals surface area contributed by atoms with Crippen LogP contribution in [0.15, 0.2) is 17.9 Å². The lowest BCUT2D eigenvalue weighted by Gasteiger charge is -2.39. The molecule has 0 radical (unpaired) electrons. The number of benzene rings is 1. The van der Waals surface area contributed by atoms with Crippen molar-refractivity contribution < 1.29 is 23.8 Å². The van der Waals surface area contributed by atoms with Crippen molar-refractivity contribution in [3.8, 4) is 17.6 Å². The smallest absolute Gasteiger partial charge is 0.316 e. The maximum absolute atomic E-state index is 13.6. The van der Waals surface area contributed by atoms with Crippen molar-refractivity contribution >= 4 is 17.4 Å². The highest BCUT2D eigenvalue weighted by Gasteiger charge is 2.52. The molecule has 6 heteroatoms. The predicted molar refractivity (Wildman–Crippen MR) is 132 cm³/mol. The summed E-state index contributed by atoms with van der Waals surface area (Å²) in [7, 11) is 1.57. The summed E-state index contributed by atoms with van der Waals surface area (Å²) in [5.74, 6) is 6.22. The van der Waals surface area contributed by atoms with Crippen LogP contribution in [0, 0.1) is 24.2 Å². The Labute approximate surface area is 203 Å². The Balaban J connectivity index is 2.20. The number of ether oxygens (including phenoxy) is 3. The van der Waals surface area contributed by atoms with E-state index in [4.69, 9.17) is 14.2 Å². The van der Waals surface area contributed by atoms with Crippen LogP contribution < -0.4 is 10.1 Å². The molecule has 184 valence electrons. The number of hydrogen-bond donors (Lipinski definition) is 1. The van der Waals surface area contributed by atoms with Crippen molar-refractivity contribution in [3.05, 3.63) is 34.6 Å². The second kappa shape index (κ2) is 10.2. The number of carbonyl (C=O) groups is 2. The Morgan fingerprint density at radius 1 is 1.29 bits per heavy atom. The molecular weight excluding hydrogens is 430 g/mol. The van der Waals surface area contributed by atoms with Crippen LogP contribution >= 0.6 is 0 Å². The molecule has 0 saturated heterocycles. The summed E-state index contributed by atoms with van der Waals surface area (Å²) in [4.78, 5) is 26.6. The first-order chi connectivity index (χ1) is 16.1. The van der Waals surface area contributed by atoms with Crippen LogP contribution in [-0.2, 0) is 19.1 Å². The lowest BCUT2D eigenvalue weighted by molar-refractivity contribution is -0.150. The molecular formula is C28H37NO5. The molecule has 1 aliphatic carbocycles. The minimum atomic E-state index is -0.788. The Hall–Kier alpha value is -2.78. The van der Waals surface area contributed by atoms with Gasteiger partial charge in [0.25, 0.3) is 5.91 Å². The van der Waals surface area contributed by atoms with E-state index in [1.54, 1.807) is 14.0 Å². The number of rotatable bonds is 6. The molecule has 0 aromatic heterocycles. The van der Waals surface area contributed by atoms with Crippen molar-refractivity contribution in [2.45, 2.75) is 85.3 Å². The number of hydrogen-bond acceptors (Lipinski definition) is 5. The highest BCUT2D eigenvalue weighted by molar-refractivity contribution is 6.24. The van der Waals surface area contributed by atoms with E-state index in [0.717, 1.165) is 30.4 Å². The van der Waals surface area contributed by atoms with Gasteiger partial charge in [-0.3, -0.25) is 9.59 Å². The molecule has 1 amide bonds. The van der Waals surface area contributed by atoms with Gasteiger partial charge in [0.05, 0.1) is 24.2 Å². The fraction of sp³-hybridized carbons (Fsp3) is 0.571. The molecule has 1 aromatic carbocycles. The van der Waals surface area contributed by atoms with Gasteiger partial charge in [0.15, 0.2) is 0 Å². The molecule has 2 aliphatic rings. The minimum Gasteiger partial charge on any atom is -0.496 e. The van der Waals surface area contributed by atoms with Crippen LogP contribution in [-0.4, -0.2) is 37.2 Å². The van der Waals surface area contributed by atoms with Gasteiger partial charge in [0, 0.05) is 24.2 Å². The minimum absolute atomic E-state index is 0.0121. The van der Waals surface area contributed by atoms with Gasteiger partial charge in [-0.15, -0.1) is 5.92 Å². The van der Waals surface area contributed by atoms with Gasteiger partial charge in [-0.2, -0.15) is 0 Å². The summed E-state index contributed by atoms with van der Waals surface area (Å²) in [5.41, 5.74) is 1.11. The van der Waals surface area contributed by atoms with Gasteiger partial charge < -0.3 is 19.5 Å². The van der Waals surface area contributed by atoms with Crippen LogP contribution in [0.1, 0.15) is 83.4 Å². The zero-order valence-electron chi connectivity index (χ0n) is 21.5. The van der Waals surface area contributed by atoms with E-state index in [1.807, 2.05) is 39.8 Å². The highest BCUT2D eigenvalue weighted by Crippen LogP contribution is 2.47. The molecule has 1 aromatic rings. The van der Waals surface area contributed by atoms with E-state index in [1.165, 1.54) is 0 Å². The van der Waals surface area contributed by atoms with Crippen molar-refractivity contribution in [1.29, 1.82) is 0 Å². The van der Waals surface area contributed by atoms with Crippen LogP contribution in [0.4, 0.5) is 0 Å². The monoisotopic (exact) mass is 467 g/mol. The molecule has 1 N–H and O–H groups in total. The van der Waals surface area contributed by atoms with Gasteiger partial charge in [-0.1, -0.05) is 12.8 Å². The van der Waals surface area contributed by atoms with Crippen molar-refractivity contribution in [1.82, 2.24) is 5.32 Å². The molecule has 6 nitrogen and oxygen atoms in total. The molecule has 1 aliphatic heterocycles. The van der Waals surface area contributed by atoms with E-state index in [2.05, 4.69) is 24.1 Å². The highest BCUT2D eigenvalue weighted by atomic mass is 16.5. The maximum atomic E-state index is 13.6. The number of esters is 1. The van der Waals surface area contributed by atoms with Crippen LogP contribution in [0.25, 0.3) is 5.57 Å². The van der Waals surface area contributed by atoms with E-state index >= 15 is 0 Å². The lowest BCUT2D eigenvalue weighted by atomic mass is 9.78. The summed E-state index contributed by atoms with van der Waals surface area (Å²) >= 11 is 0. The zero-order chi connectivity index (χ0) is 25.1. The second-order valence-electron chi connectivity index (χ2n) is 10.2. The summed E-state index contributed by atoms with van der Waals surface area (Å²) < 4.78 is 17.9. The molecule has 1 fully saturated rings. The van der Waals surface area contributed by atoms with Crippen molar-refractivity contribution in [3.63, 3.8) is 0 Å². The molecule has 1 saturated carbocycles. The fourth-order valence-electron chi connectivity index (χ4n) is 4.72. The number of methoxy groups -OCH3 is 1. The van der Waals surface area contributed by atoms with Crippen molar-refractivity contribution in [2.24, 2.45) is 5.41 Å². The van der Waals surface area contributed by atoms with E-state index in [9.17, 15) is 9.59 Å². The van der Waals surface area contributed by atoms with Crippen LogP contribution in [0.3, 0.4) is 0 Å². The van der Waals surface area contributed by atoms with Gasteiger partial charge in [-0.05, 0) is 78.0 Å². The summed E-state index contributed by atoms with van der Waals surface area (Å²) in [6, 6.07) is 3.75. The van der Waals surface area contributed by atoms with E-state index < -0.39 is 11.0 Å². The van der Waals surface area contributed by atoms with Crippen molar-refractivity contribution in [2.75, 3.05) is 13.7 Å². The van der Waals surface area contributed by atoms with Gasteiger partial charge >= 0.3 is 5.97 Å². The number of amides is 1. The maximum Gasteiger partial charge on any atom is 0.316 e. The summed E-state index contributed by atoms with van der Waals surface area (Å²) in [6.07, 6.45) is 3.94. The lowest BCUT2D eigenvalue weighted by Crippen LogP contribution is -2.51. The first kappa shape index (κ1) is 25.8. The average Bonchev–Trinajstić information content (AvgIpc) is 3.01. The number of nitrogens with one attached hydrogen (secondary N) is 1. The zero-order valence-corrected chi connectivity index (χ0v) is 21.5. The standard InChI is InChI=1S/C28H37NO5/c1-8-11-19-15-18(3)22(21(16-19)32-7)23-24(34-26(31)27(4,5)6)28(29-25(23)30)13-10-12-20(17-28)33-14-9-2/h15-16,20H,9-10,12-14,17H2,1-7H3,(H,29,30). The Morgan fingerprint density at radius 3 is 2.65 bits per heavy atom. The molecule has 1 heterocycles. The van der Waals surface area contributed by atoms with Crippen LogP contribution in [0.5, 0.6) is 5.75 Å². The third-order valence-electron chi connectivity index (χ3n) is 6.35. The largest absolute Gasteiger partial charge is 0.496 e. The molecule has 3 rings (SSSR count). The first-order valence-electron chi connectivity index (χ1n) is 12.1. The predicted octanol–water partition coefficient (Wildman–Crippen LogP) is 4.91. The number of carbonyl (C=O) groups excluding carboxylic acids is 2. The van der Waals surface area contributed by atoms with Gasteiger partial charge in [0.2, 0.25) is 0 Å². The molecule has 0 bridgehead atoms. The topological polar surface area (TPSA) is 73.9 Å². The summed E-state index contributed by atoms with van der Waals surface area (Å²) in [6.45, 7) is 11.9. The normalized spacial score (nSPS) is 22.3. The molecule has 2 atom stereocenters. The third kappa shape index (κ3) is 5.15. The van der Waals surface area contributed by atoms with E-state index in [0.29, 0.717) is 42.1 Å². The second-order valence-corrected chi connectivity index (χ2v) is 10.2. The molecule has 34 heavy (non-hydrogen) atoms. The Morgan fingerprint density at radius 2 is 2.03 bits per heavy atom. The molecule has 2 unspecified atom stereocenters. The molecule has 1 spiro atoms. The first-order valence-corrected chi connectivity index (χ1v) is 12.1. The summed E-state index contributed by atoms with van der Waals surface area (Å²) in [5, 5.41) is 3.20. The quantitative estimate of drug-likeness (QED) is 0.475.